The number of aliphatic hydroxyl groups is 2. The van der Waals surface area contributed by atoms with E-state index in [2.05, 4.69) is 5.32 Å². The fourth-order valence-corrected chi connectivity index (χ4v) is 2.41. The molecule has 0 bridgehead atoms. The SMILES string of the molecule is C/C=C\C=C(\C#N)CNC(=O)[C@@H]1C=C(O)[C@H](O)N(C)S1. The van der Waals surface area contributed by atoms with Gasteiger partial charge in [0.2, 0.25) is 5.91 Å². The van der Waals surface area contributed by atoms with Gasteiger partial charge in [-0.1, -0.05) is 24.1 Å². The molecular weight excluding hydrogens is 278 g/mol. The van der Waals surface area contributed by atoms with Crippen molar-refractivity contribution in [2.45, 2.75) is 18.4 Å². The Morgan fingerprint density at radius 3 is 2.95 bits per heavy atom. The molecular formula is C13H17N3O3S. The number of hydrogen-bond acceptors (Lipinski definition) is 6. The number of nitriles is 1. The van der Waals surface area contributed by atoms with Crippen LogP contribution in [-0.2, 0) is 4.79 Å². The quantitative estimate of drug-likeness (QED) is 0.404. The van der Waals surface area contributed by atoms with Crippen LogP contribution in [0.1, 0.15) is 6.92 Å². The summed E-state index contributed by atoms with van der Waals surface area (Å²) in [7, 11) is 1.57. The third-order valence-corrected chi connectivity index (χ3v) is 3.67. The molecule has 0 saturated carbocycles. The Morgan fingerprint density at radius 1 is 1.70 bits per heavy atom. The minimum atomic E-state index is -1.10. The van der Waals surface area contributed by atoms with E-state index in [1.807, 2.05) is 13.0 Å². The van der Waals surface area contributed by atoms with Gasteiger partial charge in [-0.25, -0.2) is 4.31 Å². The summed E-state index contributed by atoms with van der Waals surface area (Å²) in [4.78, 5) is 11.9. The van der Waals surface area contributed by atoms with Gasteiger partial charge >= 0.3 is 0 Å². The second-order valence-corrected chi connectivity index (χ2v) is 5.38. The molecule has 0 unspecified atom stereocenters. The second-order valence-electron chi connectivity index (χ2n) is 4.08. The number of nitrogens with one attached hydrogen (secondary N) is 1. The molecule has 0 spiro atoms. The first kappa shape index (κ1) is 16.3. The lowest BCUT2D eigenvalue weighted by Gasteiger charge is -2.29. The average molecular weight is 295 g/mol. The number of nitrogens with zero attached hydrogens (tertiary/aromatic N) is 2. The molecule has 1 rings (SSSR count). The molecule has 20 heavy (non-hydrogen) atoms. The maximum Gasteiger partial charge on any atom is 0.238 e. The maximum atomic E-state index is 11.9. The first-order valence-corrected chi connectivity index (χ1v) is 6.81. The minimum absolute atomic E-state index is 0.123. The summed E-state index contributed by atoms with van der Waals surface area (Å²) in [6, 6.07) is 1.99. The topological polar surface area (TPSA) is 96.6 Å². The molecule has 108 valence electrons. The van der Waals surface area contributed by atoms with E-state index >= 15 is 0 Å². The molecule has 1 aliphatic heterocycles. The van der Waals surface area contributed by atoms with Gasteiger partial charge < -0.3 is 15.5 Å². The summed E-state index contributed by atoms with van der Waals surface area (Å²) < 4.78 is 1.39. The van der Waals surface area contributed by atoms with Crippen LogP contribution in [0.5, 0.6) is 0 Å². The molecule has 0 radical (unpaired) electrons. The van der Waals surface area contributed by atoms with Crippen LogP contribution in [-0.4, -0.2) is 45.5 Å². The average Bonchev–Trinajstić information content (AvgIpc) is 2.44. The van der Waals surface area contributed by atoms with Crippen molar-refractivity contribution >= 4 is 17.9 Å². The summed E-state index contributed by atoms with van der Waals surface area (Å²) in [5.41, 5.74) is 0.429. The zero-order valence-corrected chi connectivity index (χ0v) is 12.1. The number of carbonyl (C=O) groups excluding carboxylic acids is 1. The lowest BCUT2D eigenvalue weighted by Crippen LogP contribution is -2.41. The van der Waals surface area contributed by atoms with Gasteiger partial charge in [-0.3, -0.25) is 4.79 Å². The highest BCUT2D eigenvalue weighted by molar-refractivity contribution is 7.98. The predicted octanol–water partition coefficient (Wildman–Crippen LogP) is 0.851. The van der Waals surface area contributed by atoms with E-state index < -0.39 is 11.5 Å². The Labute approximate surface area is 122 Å². The summed E-state index contributed by atoms with van der Waals surface area (Å²) in [6.07, 6.45) is 5.32. The lowest BCUT2D eigenvalue weighted by atomic mass is 10.2. The van der Waals surface area contributed by atoms with Gasteiger partial charge in [-0.2, -0.15) is 5.26 Å². The number of allylic oxidation sites excluding steroid dienone is 3. The number of amides is 1. The Bertz CT molecular complexity index is 494. The third-order valence-electron chi connectivity index (χ3n) is 2.56. The number of aliphatic hydroxyl groups excluding tert-OH is 2. The van der Waals surface area contributed by atoms with Crippen molar-refractivity contribution in [1.29, 1.82) is 5.26 Å². The van der Waals surface area contributed by atoms with Gasteiger partial charge in [0.25, 0.3) is 0 Å². The molecule has 0 saturated heterocycles. The molecule has 0 fully saturated rings. The van der Waals surface area contributed by atoms with Crippen LogP contribution < -0.4 is 5.32 Å². The first-order valence-electron chi connectivity index (χ1n) is 5.97. The Morgan fingerprint density at radius 2 is 2.40 bits per heavy atom. The van der Waals surface area contributed by atoms with E-state index in [1.54, 1.807) is 25.3 Å². The highest BCUT2D eigenvalue weighted by Gasteiger charge is 2.30. The van der Waals surface area contributed by atoms with Crippen LogP contribution in [0.2, 0.25) is 0 Å². The van der Waals surface area contributed by atoms with Gasteiger partial charge in [0.05, 0.1) is 12.6 Å². The molecule has 0 aromatic rings. The smallest absolute Gasteiger partial charge is 0.238 e. The van der Waals surface area contributed by atoms with Crippen LogP contribution in [0.25, 0.3) is 0 Å². The standard InChI is InChI=1S/C13H17N3O3S/c1-3-4-5-9(7-14)8-15-12(18)11-6-10(17)13(19)16(2)20-11/h3-6,11,13,17,19H,8H2,1-2H3,(H,15,18)/b4-3-,9-5-/t11-,13-/m0/s1. The van der Waals surface area contributed by atoms with Gasteiger partial charge in [0.15, 0.2) is 6.23 Å². The number of hydrogen-bond donors (Lipinski definition) is 3. The minimum Gasteiger partial charge on any atom is -0.508 e. The molecule has 7 heteroatoms. The van der Waals surface area contributed by atoms with E-state index in [9.17, 15) is 15.0 Å². The molecule has 3 N–H and O–H groups in total. The van der Waals surface area contributed by atoms with Crippen molar-refractivity contribution in [3.63, 3.8) is 0 Å². The molecule has 0 aromatic heterocycles. The van der Waals surface area contributed by atoms with Crippen LogP contribution >= 0.6 is 11.9 Å². The van der Waals surface area contributed by atoms with Crippen molar-refractivity contribution in [2.75, 3.05) is 13.6 Å². The molecule has 0 aliphatic carbocycles. The number of likely N-dealkylation sites (N-methyl/N-ethyl adjacent to an activating group) is 1. The first-order chi connectivity index (χ1) is 9.49. The van der Waals surface area contributed by atoms with Gasteiger partial charge in [0, 0.05) is 12.6 Å². The summed E-state index contributed by atoms with van der Waals surface area (Å²) in [5.74, 6) is -0.585. The van der Waals surface area contributed by atoms with Gasteiger partial charge in [0.1, 0.15) is 11.0 Å². The zero-order valence-electron chi connectivity index (χ0n) is 11.3. The number of carbonyl (C=O) groups is 1. The van der Waals surface area contributed by atoms with Crippen molar-refractivity contribution in [3.8, 4) is 6.07 Å². The maximum absolute atomic E-state index is 11.9. The van der Waals surface area contributed by atoms with Crippen molar-refractivity contribution in [1.82, 2.24) is 9.62 Å². The summed E-state index contributed by atoms with van der Waals surface area (Å²) in [5, 5.41) is 29.9. The van der Waals surface area contributed by atoms with Crippen molar-refractivity contribution < 1.29 is 15.0 Å². The third kappa shape index (κ3) is 4.42. The Kier molecular flexibility index (Phi) is 6.31. The van der Waals surface area contributed by atoms with Gasteiger partial charge in [-0.15, -0.1) is 0 Å². The molecule has 2 atom stereocenters. The predicted molar refractivity (Wildman–Crippen MR) is 77.4 cm³/mol. The fourth-order valence-electron chi connectivity index (χ4n) is 1.45. The van der Waals surface area contributed by atoms with E-state index in [4.69, 9.17) is 5.26 Å². The molecule has 0 aromatic carbocycles. The second kappa shape index (κ2) is 7.75. The Hall–Kier alpha value is -1.75. The molecule has 1 amide bonds. The van der Waals surface area contributed by atoms with E-state index in [0.29, 0.717) is 5.57 Å². The van der Waals surface area contributed by atoms with Crippen molar-refractivity contribution in [3.05, 3.63) is 35.6 Å². The van der Waals surface area contributed by atoms with Crippen LogP contribution in [0.15, 0.2) is 35.6 Å². The monoisotopic (exact) mass is 295 g/mol. The molecule has 1 heterocycles. The zero-order chi connectivity index (χ0) is 15.1. The van der Waals surface area contributed by atoms with Crippen LogP contribution in [0.4, 0.5) is 0 Å². The van der Waals surface area contributed by atoms with Crippen LogP contribution in [0, 0.1) is 11.3 Å². The molecule has 6 nitrogen and oxygen atoms in total. The normalized spacial score (nSPS) is 24.3. The van der Waals surface area contributed by atoms with E-state index in [0.717, 1.165) is 11.9 Å². The van der Waals surface area contributed by atoms with Crippen LogP contribution in [0.3, 0.4) is 0 Å². The number of rotatable bonds is 4. The Balaban J connectivity index is 2.62. The lowest BCUT2D eigenvalue weighted by molar-refractivity contribution is -0.119. The summed E-state index contributed by atoms with van der Waals surface area (Å²) in [6.45, 7) is 1.95. The van der Waals surface area contributed by atoms with E-state index in [-0.39, 0.29) is 18.2 Å². The van der Waals surface area contributed by atoms with E-state index in [1.165, 1.54) is 10.4 Å². The fraction of sp³-hybridized carbons (Fsp3) is 0.385. The highest BCUT2D eigenvalue weighted by Crippen LogP contribution is 2.27. The van der Waals surface area contributed by atoms with Crippen molar-refractivity contribution in [2.24, 2.45) is 0 Å². The molecule has 1 aliphatic rings. The van der Waals surface area contributed by atoms with Gasteiger partial charge in [-0.05, 0) is 19.1 Å². The highest BCUT2D eigenvalue weighted by atomic mass is 32.2. The largest absolute Gasteiger partial charge is 0.508 e. The summed E-state index contributed by atoms with van der Waals surface area (Å²) >= 11 is 1.10.